The lowest BCUT2D eigenvalue weighted by Gasteiger charge is -2.38. The van der Waals surface area contributed by atoms with E-state index >= 15 is 0 Å². The summed E-state index contributed by atoms with van der Waals surface area (Å²) in [5.41, 5.74) is 8.60. The van der Waals surface area contributed by atoms with Gasteiger partial charge >= 0.3 is 0 Å². The molecule has 100 valence electrons. The highest BCUT2D eigenvalue weighted by Crippen LogP contribution is 2.43. The van der Waals surface area contributed by atoms with Gasteiger partial charge in [-0.25, -0.2) is 0 Å². The molecule has 0 amide bonds. The lowest BCUT2D eigenvalue weighted by Crippen LogP contribution is -2.31. The normalized spacial score (nSPS) is 21.7. The van der Waals surface area contributed by atoms with E-state index in [-0.39, 0.29) is 0 Å². The molecule has 0 aromatic carbocycles. The Morgan fingerprint density at radius 3 is 2.61 bits per heavy atom. The van der Waals surface area contributed by atoms with Gasteiger partial charge in [0.25, 0.3) is 0 Å². The van der Waals surface area contributed by atoms with Crippen molar-refractivity contribution in [1.82, 2.24) is 10.3 Å². The molecule has 18 heavy (non-hydrogen) atoms. The van der Waals surface area contributed by atoms with Crippen molar-refractivity contribution in [3.8, 4) is 0 Å². The van der Waals surface area contributed by atoms with E-state index in [0.717, 1.165) is 11.3 Å². The highest BCUT2D eigenvalue weighted by atomic mass is 14.9. The van der Waals surface area contributed by atoms with E-state index < -0.39 is 0 Å². The maximum Gasteiger partial charge on any atom is 0.0393 e. The van der Waals surface area contributed by atoms with Crippen molar-refractivity contribution in [1.29, 1.82) is 0 Å². The van der Waals surface area contributed by atoms with Crippen LogP contribution in [-0.4, -0.2) is 12.0 Å². The van der Waals surface area contributed by atoms with E-state index in [4.69, 9.17) is 5.73 Å². The lowest BCUT2D eigenvalue weighted by atomic mass is 9.70. The number of pyridine rings is 1. The molecular formula is C15H25N3. The van der Waals surface area contributed by atoms with Crippen LogP contribution in [0.3, 0.4) is 0 Å². The first-order valence-electron chi connectivity index (χ1n) is 6.90. The van der Waals surface area contributed by atoms with E-state index in [9.17, 15) is 0 Å². The second-order valence-corrected chi connectivity index (χ2v) is 6.27. The third-order valence-electron chi connectivity index (χ3n) is 4.39. The topological polar surface area (TPSA) is 50.9 Å². The highest BCUT2D eigenvalue weighted by molar-refractivity contribution is 5.46. The number of nitrogen functional groups attached to an aromatic ring is 1. The van der Waals surface area contributed by atoms with Crippen LogP contribution in [0.15, 0.2) is 18.5 Å². The SMILES string of the molecule is CNC(c1cnccc1N)C1CCC(C)(C)CC1. The molecule has 0 bridgehead atoms. The molecule has 0 saturated heterocycles. The Hall–Kier alpha value is -1.09. The molecule has 1 aromatic heterocycles. The van der Waals surface area contributed by atoms with Gasteiger partial charge in [0, 0.05) is 29.7 Å². The summed E-state index contributed by atoms with van der Waals surface area (Å²) >= 11 is 0. The Kier molecular flexibility index (Phi) is 3.91. The maximum absolute atomic E-state index is 6.08. The highest BCUT2D eigenvalue weighted by Gasteiger charge is 2.32. The molecule has 1 aliphatic carbocycles. The average molecular weight is 247 g/mol. The number of nitrogens with two attached hydrogens (primary N) is 1. The summed E-state index contributed by atoms with van der Waals surface area (Å²) in [6.07, 6.45) is 8.82. The molecule has 0 spiro atoms. The molecule has 1 fully saturated rings. The van der Waals surface area contributed by atoms with Gasteiger partial charge in [-0.2, -0.15) is 0 Å². The van der Waals surface area contributed by atoms with Crippen molar-refractivity contribution in [2.75, 3.05) is 12.8 Å². The Morgan fingerprint density at radius 2 is 2.06 bits per heavy atom. The van der Waals surface area contributed by atoms with E-state index in [1.54, 1.807) is 6.20 Å². The molecule has 2 rings (SSSR count). The van der Waals surface area contributed by atoms with Gasteiger partial charge in [-0.15, -0.1) is 0 Å². The molecule has 3 heteroatoms. The minimum absolute atomic E-state index is 0.342. The Morgan fingerprint density at radius 1 is 1.39 bits per heavy atom. The van der Waals surface area contributed by atoms with Crippen molar-refractivity contribution >= 4 is 5.69 Å². The van der Waals surface area contributed by atoms with Crippen molar-refractivity contribution in [3.63, 3.8) is 0 Å². The van der Waals surface area contributed by atoms with Crippen LogP contribution in [0.1, 0.15) is 51.1 Å². The first-order valence-corrected chi connectivity index (χ1v) is 6.90. The minimum Gasteiger partial charge on any atom is -0.398 e. The summed E-state index contributed by atoms with van der Waals surface area (Å²) in [5.74, 6) is 0.675. The average Bonchev–Trinajstić information content (AvgIpc) is 2.34. The first kappa shape index (κ1) is 13.3. The van der Waals surface area contributed by atoms with Crippen LogP contribution in [0.2, 0.25) is 0 Å². The van der Waals surface area contributed by atoms with E-state index in [1.165, 1.54) is 25.7 Å². The zero-order valence-corrected chi connectivity index (χ0v) is 11.7. The van der Waals surface area contributed by atoms with Crippen LogP contribution in [0.4, 0.5) is 5.69 Å². The number of nitrogens with zero attached hydrogens (tertiary/aromatic N) is 1. The first-order chi connectivity index (χ1) is 8.53. The van der Waals surface area contributed by atoms with Crippen LogP contribution in [0.25, 0.3) is 0 Å². The summed E-state index contributed by atoms with van der Waals surface area (Å²) in [6.45, 7) is 4.74. The summed E-state index contributed by atoms with van der Waals surface area (Å²) in [5, 5.41) is 3.44. The van der Waals surface area contributed by atoms with Crippen LogP contribution in [0.5, 0.6) is 0 Å². The second kappa shape index (κ2) is 5.27. The third kappa shape index (κ3) is 2.83. The fourth-order valence-corrected chi connectivity index (χ4v) is 3.08. The smallest absolute Gasteiger partial charge is 0.0393 e. The number of aromatic nitrogens is 1. The maximum atomic E-state index is 6.08. The van der Waals surface area contributed by atoms with Gasteiger partial charge in [0.1, 0.15) is 0 Å². The summed E-state index contributed by atoms with van der Waals surface area (Å²) in [4.78, 5) is 4.22. The molecule has 0 radical (unpaired) electrons. The lowest BCUT2D eigenvalue weighted by molar-refractivity contribution is 0.164. The Labute approximate surface area is 110 Å². The number of nitrogens with one attached hydrogen (secondary N) is 1. The summed E-state index contributed by atoms with van der Waals surface area (Å²) in [6, 6.07) is 2.24. The third-order valence-corrected chi connectivity index (χ3v) is 4.39. The van der Waals surface area contributed by atoms with Gasteiger partial charge in [-0.05, 0) is 50.1 Å². The molecule has 3 nitrogen and oxygen atoms in total. The van der Waals surface area contributed by atoms with Crippen LogP contribution in [0, 0.1) is 11.3 Å². The van der Waals surface area contributed by atoms with Crippen molar-refractivity contribution in [3.05, 3.63) is 24.0 Å². The van der Waals surface area contributed by atoms with E-state index in [0.29, 0.717) is 17.4 Å². The van der Waals surface area contributed by atoms with Gasteiger partial charge in [0.15, 0.2) is 0 Å². The summed E-state index contributed by atoms with van der Waals surface area (Å²) in [7, 11) is 2.02. The van der Waals surface area contributed by atoms with E-state index in [2.05, 4.69) is 24.1 Å². The standard InChI is InChI=1S/C15H25N3/c1-15(2)7-4-11(5-8-15)14(17-3)12-10-18-9-6-13(12)16/h6,9-11,14,17H,4-5,7-8H2,1-3H3,(H2,16,18). The predicted octanol–water partition coefficient (Wildman–Crippen LogP) is 3.14. The van der Waals surface area contributed by atoms with Gasteiger partial charge in [-0.1, -0.05) is 13.8 Å². The van der Waals surface area contributed by atoms with Crippen molar-refractivity contribution in [2.45, 2.75) is 45.6 Å². The fourth-order valence-electron chi connectivity index (χ4n) is 3.08. The van der Waals surface area contributed by atoms with Crippen LogP contribution < -0.4 is 11.1 Å². The van der Waals surface area contributed by atoms with Gasteiger partial charge in [0.05, 0.1) is 0 Å². The monoisotopic (exact) mass is 247 g/mol. The number of rotatable bonds is 3. The van der Waals surface area contributed by atoms with Gasteiger partial charge in [-0.3, -0.25) is 4.98 Å². The number of hydrogen-bond donors (Lipinski definition) is 2. The van der Waals surface area contributed by atoms with E-state index in [1.807, 2.05) is 19.3 Å². The zero-order chi connectivity index (χ0) is 13.2. The molecule has 1 saturated carbocycles. The Balaban J connectivity index is 2.13. The van der Waals surface area contributed by atoms with Crippen molar-refractivity contribution in [2.24, 2.45) is 11.3 Å². The Bertz CT molecular complexity index is 390. The molecule has 3 N–H and O–H groups in total. The quantitative estimate of drug-likeness (QED) is 0.862. The van der Waals surface area contributed by atoms with Crippen molar-refractivity contribution < 1.29 is 0 Å². The largest absolute Gasteiger partial charge is 0.398 e. The second-order valence-electron chi connectivity index (χ2n) is 6.27. The molecule has 1 heterocycles. The number of anilines is 1. The van der Waals surface area contributed by atoms with Crippen LogP contribution in [-0.2, 0) is 0 Å². The summed E-state index contributed by atoms with van der Waals surface area (Å²) < 4.78 is 0. The number of hydrogen-bond acceptors (Lipinski definition) is 3. The molecule has 0 aliphatic heterocycles. The van der Waals surface area contributed by atoms with Crippen LogP contribution >= 0.6 is 0 Å². The molecule has 1 aromatic rings. The molecule has 1 unspecified atom stereocenters. The van der Waals surface area contributed by atoms with Gasteiger partial charge < -0.3 is 11.1 Å². The van der Waals surface area contributed by atoms with Gasteiger partial charge in [0.2, 0.25) is 0 Å². The predicted molar refractivity (Wildman–Crippen MR) is 76.2 cm³/mol. The molecule has 1 aliphatic rings. The molecular weight excluding hydrogens is 222 g/mol. The fraction of sp³-hybridized carbons (Fsp3) is 0.667. The molecule has 1 atom stereocenters. The zero-order valence-electron chi connectivity index (χ0n) is 11.7. The minimum atomic E-state index is 0.342.